The Morgan fingerprint density at radius 1 is 1.26 bits per heavy atom. The van der Waals surface area contributed by atoms with Crippen LogP contribution in [-0.4, -0.2) is 75.0 Å². The molecule has 7 nitrogen and oxygen atoms in total. The number of halogens is 1. The highest BCUT2D eigenvalue weighted by Crippen LogP contribution is 2.67. The van der Waals surface area contributed by atoms with Crippen LogP contribution in [0.1, 0.15) is 58.8 Å². The van der Waals surface area contributed by atoms with Crippen molar-refractivity contribution in [2.45, 2.75) is 79.7 Å². The van der Waals surface area contributed by atoms with Gasteiger partial charge in [0.1, 0.15) is 6.04 Å². The molecule has 3 fully saturated rings. The molecule has 176 valence electrons. The Bertz CT molecular complexity index is 680. The fourth-order valence-electron chi connectivity index (χ4n) is 5.43. The van der Waals surface area contributed by atoms with Gasteiger partial charge in [0.15, 0.2) is 0 Å². The summed E-state index contributed by atoms with van der Waals surface area (Å²) >= 11 is 5.37. The number of carbonyl (C=O) groups excluding carboxylic acids is 3. The highest BCUT2D eigenvalue weighted by molar-refractivity contribution is 9.09. The highest BCUT2D eigenvalue weighted by atomic mass is 79.9. The number of ether oxygens (including phenoxy) is 1. The first kappa shape index (κ1) is 24.8. The smallest absolute Gasteiger partial charge is 0.310 e. The van der Waals surface area contributed by atoms with Crippen LogP contribution in [0.15, 0.2) is 0 Å². The first-order valence-electron chi connectivity index (χ1n) is 11.6. The Morgan fingerprint density at radius 2 is 2.03 bits per heavy atom. The number of likely N-dealkylation sites (tertiary alicyclic amines) is 1. The Labute approximate surface area is 197 Å². The summed E-state index contributed by atoms with van der Waals surface area (Å²) in [7, 11) is 0. The second-order valence-corrected chi connectivity index (χ2v) is 11.4. The van der Waals surface area contributed by atoms with Crippen molar-refractivity contribution in [3.63, 3.8) is 0 Å². The van der Waals surface area contributed by atoms with Gasteiger partial charge in [0.05, 0.1) is 23.2 Å². The topological polar surface area (TPSA) is 95.9 Å². The Hall–Kier alpha value is -0.800. The number of thioether (sulfide) groups is 1. The molecule has 2 bridgehead atoms. The van der Waals surface area contributed by atoms with Crippen LogP contribution >= 0.6 is 27.7 Å². The summed E-state index contributed by atoms with van der Waals surface area (Å²) in [6, 6.07) is -0.574. The second-order valence-electron chi connectivity index (χ2n) is 8.73. The third kappa shape index (κ3) is 4.64. The molecule has 9 heteroatoms. The van der Waals surface area contributed by atoms with Crippen LogP contribution in [0.5, 0.6) is 0 Å². The molecule has 3 aliphatic rings. The molecule has 0 aromatic carbocycles. The van der Waals surface area contributed by atoms with Gasteiger partial charge < -0.3 is 20.1 Å². The van der Waals surface area contributed by atoms with E-state index < -0.39 is 22.6 Å². The molecular formula is C22H35BrN2O5S. The second kappa shape index (κ2) is 10.9. The van der Waals surface area contributed by atoms with Crippen molar-refractivity contribution in [2.24, 2.45) is 11.8 Å². The lowest BCUT2D eigenvalue weighted by molar-refractivity contribution is -0.153. The lowest BCUT2D eigenvalue weighted by Gasteiger charge is -2.35. The molecule has 0 aliphatic carbocycles. The number of hydrogen-bond donors (Lipinski definition) is 2. The highest BCUT2D eigenvalue weighted by Gasteiger charge is 2.75. The molecule has 3 heterocycles. The molecule has 6 atom stereocenters. The molecule has 0 aromatic heterocycles. The number of fused-ring (bicyclic) bond motifs is 1. The lowest BCUT2D eigenvalue weighted by Crippen LogP contribution is -2.54. The van der Waals surface area contributed by atoms with Crippen molar-refractivity contribution in [3.05, 3.63) is 0 Å². The number of alkyl halides is 1. The van der Waals surface area contributed by atoms with E-state index in [2.05, 4.69) is 28.2 Å². The van der Waals surface area contributed by atoms with E-state index in [4.69, 9.17) is 9.84 Å². The van der Waals surface area contributed by atoms with Gasteiger partial charge in [-0.25, -0.2) is 0 Å². The number of nitrogens with zero attached hydrogens (tertiary/aromatic N) is 1. The summed E-state index contributed by atoms with van der Waals surface area (Å²) < 4.78 is 4.75. The van der Waals surface area contributed by atoms with Gasteiger partial charge in [-0.2, -0.15) is 0 Å². The zero-order chi connectivity index (χ0) is 22.6. The normalized spacial score (nSPS) is 33.6. The Balaban J connectivity index is 1.86. The predicted molar refractivity (Wildman–Crippen MR) is 124 cm³/mol. The SMILES string of the molecule is CCCCCNC(=O)C1N(CCCCCO)C(=O)[C@@H]2[C@H](C(=O)OCC)[C@H]3SC12CC3Br. The molecule has 0 radical (unpaired) electrons. The first-order chi connectivity index (χ1) is 14.9. The summed E-state index contributed by atoms with van der Waals surface area (Å²) in [6.45, 7) is 5.36. The number of nitrogens with one attached hydrogen (secondary N) is 1. The quantitative estimate of drug-likeness (QED) is 0.234. The molecule has 0 saturated carbocycles. The van der Waals surface area contributed by atoms with Crippen LogP contribution in [0.4, 0.5) is 0 Å². The van der Waals surface area contributed by atoms with Crippen LogP contribution in [0, 0.1) is 11.8 Å². The van der Waals surface area contributed by atoms with E-state index >= 15 is 0 Å². The van der Waals surface area contributed by atoms with Crippen LogP contribution in [0.2, 0.25) is 0 Å². The average molecular weight is 520 g/mol. The van der Waals surface area contributed by atoms with Gasteiger partial charge in [-0.1, -0.05) is 35.7 Å². The Kier molecular flexibility index (Phi) is 8.72. The van der Waals surface area contributed by atoms with Crippen LogP contribution < -0.4 is 5.32 Å². The number of amides is 2. The average Bonchev–Trinajstić information content (AvgIpc) is 3.32. The minimum Gasteiger partial charge on any atom is -0.466 e. The lowest BCUT2D eigenvalue weighted by atomic mass is 9.71. The number of rotatable bonds is 12. The minimum atomic E-state index is -0.598. The van der Waals surface area contributed by atoms with Crippen LogP contribution in [0.25, 0.3) is 0 Å². The van der Waals surface area contributed by atoms with Gasteiger partial charge in [-0.3, -0.25) is 14.4 Å². The number of aliphatic hydroxyl groups excluding tert-OH is 1. The van der Waals surface area contributed by atoms with Crippen LogP contribution in [0.3, 0.4) is 0 Å². The molecule has 2 amide bonds. The standard InChI is InChI=1S/C22H35BrN2O5S/c1-3-5-7-10-24-19(27)18-22-13-14(23)17(31-22)15(21(29)30-4-2)16(22)20(28)25(18)11-8-6-9-12-26/h14-18,26H,3-13H2,1-2H3,(H,24,27)/t14?,15-,16-,17-,18?,22?/m0/s1. The van der Waals surface area contributed by atoms with Crippen LogP contribution in [-0.2, 0) is 19.1 Å². The maximum atomic E-state index is 13.6. The van der Waals surface area contributed by atoms with E-state index in [1.54, 1.807) is 23.6 Å². The van der Waals surface area contributed by atoms with Crippen molar-refractivity contribution in [1.29, 1.82) is 0 Å². The number of unbranched alkanes of at least 4 members (excludes halogenated alkanes) is 4. The molecule has 1 spiro atoms. The van der Waals surface area contributed by atoms with Crippen molar-refractivity contribution in [2.75, 3.05) is 26.3 Å². The molecule has 3 aliphatic heterocycles. The summed E-state index contributed by atoms with van der Waals surface area (Å²) in [6.07, 6.45) is 5.92. The summed E-state index contributed by atoms with van der Waals surface area (Å²) in [4.78, 5) is 41.6. The van der Waals surface area contributed by atoms with Crippen molar-refractivity contribution >= 4 is 45.5 Å². The number of carbonyl (C=O) groups is 3. The number of esters is 1. The molecule has 3 unspecified atom stereocenters. The summed E-state index contributed by atoms with van der Waals surface area (Å²) in [5, 5.41) is 12.1. The number of aliphatic hydroxyl groups is 1. The first-order valence-corrected chi connectivity index (χ1v) is 13.4. The van der Waals surface area contributed by atoms with Gasteiger partial charge >= 0.3 is 5.97 Å². The fourth-order valence-corrected chi connectivity index (χ4v) is 9.03. The molecule has 3 saturated heterocycles. The zero-order valence-corrected chi connectivity index (χ0v) is 20.9. The van der Waals surface area contributed by atoms with Crippen molar-refractivity contribution in [1.82, 2.24) is 10.2 Å². The predicted octanol–water partition coefficient (Wildman–Crippen LogP) is 2.48. The largest absolute Gasteiger partial charge is 0.466 e. The van der Waals surface area contributed by atoms with Gasteiger partial charge in [-0.05, 0) is 39.0 Å². The Morgan fingerprint density at radius 3 is 2.71 bits per heavy atom. The molecule has 31 heavy (non-hydrogen) atoms. The monoisotopic (exact) mass is 518 g/mol. The van der Waals surface area contributed by atoms with E-state index in [0.717, 1.165) is 32.1 Å². The van der Waals surface area contributed by atoms with Gasteiger partial charge in [0, 0.05) is 29.8 Å². The van der Waals surface area contributed by atoms with Crippen molar-refractivity contribution in [3.8, 4) is 0 Å². The maximum absolute atomic E-state index is 13.6. The molecule has 3 rings (SSSR count). The van der Waals surface area contributed by atoms with Gasteiger partial charge in [0.25, 0.3) is 0 Å². The minimum absolute atomic E-state index is 0.0556. The molecule has 2 N–H and O–H groups in total. The van der Waals surface area contributed by atoms with E-state index in [1.165, 1.54) is 0 Å². The van der Waals surface area contributed by atoms with Gasteiger partial charge in [0.2, 0.25) is 11.8 Å². The van der Waals surface area contributed by atoms with Crippen molar-refractivity contribution < 1.29 is 24.2 Å². The van der Waals surface area contributed by atoms with Gasteiger partial charge in [-0.15, -0.1) is 11.8 Å². The summed E-state index contributed by atoms with van der Waals surface area (Å²) in [5.41, 5.74) is 0. The van der Waals surface area contributed by atoms with E-state index in [0.29, 0.717) is 25.9 Å². The van der Waals surface area contributed by atoms with E-state index in [1.807, 2.05) is 0 Å². The third-order valence-electron chi connectivity index (χ3n) is 6.73. The zero-order valence-electron chi connectivity index (χ0n) is 18.5. The van der Waals surface area contributed by atoms with E-state index in [-0.39, 0.29) is 41.1 Å². The fraction of sp³-hybridized carbons (Fsp3) is 0.864. The number of hydrogen-bond acceptors (Lipinski definition) is 6. The third-order valence-corrected chi connectivity index (χ3v) is 9.95. The maximum Gasteiger partial charge on any atom is 0.310 e. The molecule has 0 aromatic rings. The summed E-state index contributed by atoms with van der Waals surface area (Å²) in [5.74, 6) is -1.56. The van der Waals surface area contributed by atoms with E-state index in [9.17, 15) is 14.4 Å². The molecular weight excluding hydrogens is 484 g/mol.